The molecule has 2 N–H and O–H groups in total. The van der Waals surface area contributed by atoms with Gasteiger partial charge in [-0.25, -0.2) is 0 Å². The van der Waals surface area contributed by atoms with Crippen molar-refractivity contribution in [2.24, 2.45) is 0 Å². The van der Waals surface area contributed by atoms with E-state index < -0.39 is 0 Å². The summed E-state index contributed by atoms with van der Waals surface area (Å²) in [5.74, 6) is 0.761. The Balaban J connectivity index is 1.94. The van der Waals surface area contributed by atoms with Crippen LogP contribution in [0.15, 0.2) is 36.4 Å². The van der Waals surface area contributed by atoms with Crippen molar-refractivity contribution in [1.29, 1.82) is 0 Å². The quantitative estimate of drug-likeness (QED) is 0.779. The van der Waals surface area contributed by atoms with Gasteiger partial charge in [0, 0.05) is 28.0 Å². The minimum atomic E-state index is 0.145. The van der Waals surface area contributed by atoms with E-state index in [2.05, 4.69) is 12.2 Å². The normalized spacial score (nSPS) is 23.0. The molecule has 96 valence electrons. The number of nitrogens with zero attached hydrogens (tertiary/aromatic N) is 1. The molecule has 0 saturated heterocycles. The molecular weight excluding hydrogens is 262 g/mol. The third-order valence-electron chi connectivity index (χ3n) is 4.11. The second-order valence-corrected chi connectivity index (χ2v) is 5.56. The summed E-state index contributed by atoms with van der Waals surface area (Å²) in [4.78, 5) is 0. The first-order chi connectivity index (χ1) is 9.16. The van der Waals surface area contributed by atoms with E-state index in [1.807, 2.05) is 0 Å². The molecular formula is C15H12ClNO2. The van der Waals surface area contributed by atoms with Gasteiger partial charge in [-0.15, -0.1) is 0 Å². The van der Waals surface area contributed by atoms with Gasteiger partial charge in [-0.2, -0.15) is 0 Å². The van der Waals surface area contributed by atoms with Gasteiger partial charge in [-0.1, -0.05) is 23.8 Å². The molecule has 0 aliphatic heterocycles. The highest BCUT2D eigenvalue weighted by Gasteiger charge is 2.41. The SMILES string of the molecule is Oc1c2c(c(O)n1-c1ccc(Cl)cc1)C1C=CC2C1. The smallest absolute Gasteiger partial charge is 0.202 e. The predicted molar refractivity (Wildman–Crippen MR) is 73.3 cm³/mol. The average Bonchev–Trinajstić information content (AvgIpc) is 3.06. The zero-order chi connectivity index (χ0) is 13.1. The molecule has 19 heavy (non-hydrogen) atoms. The third-order valence-corrected chi connectivity index (χ3v) is 4.36. The molecule has 2 aliphatic rings. The number of benzene rings is 1. The monoisotopic (exact) mass is 273 g/mol. The highest BCUT2D eigenvalue weighted by Crippen LogP contribution is 2.57. The minimum Gasteiger partial charge on any atom is -0.494 e. The van der Waals surface area contributed by atoms with E-state index in [0.717, 1.165) is 17.5 Å². The molecule has 0 spiro atoms. The fraction of sp³-hybridized carbons (Fsp3) is 0.200. The maximum atomic E-state index is 10.4. The molecule has 2 unspecified atom stereocenters. The fourth-order valence-corrected chi connectivity index (χ4v) is 3.40. The molecule has 0 amide bonds. The van der Waals surface area contributed by atoms with Crippen molar-refractivity contribution in [2.75, 3.05) is 0 Å². The molecule has 0 fully saturated rings. The summed E-state index contributed by atoms with van der Waals surface area (Å²) in [7, 11) is 0. The van der Waals surface area contributed by atoms with E-state index in [4.69, 9.17) is 11.6 Å². The first kappa shape index (κ1) is 11.0. The van der Waals surface area contributed by atoms with Crippen LogP contribution in [-0.4, -0.2) is 14.8 Å². The van der Waals surface area contributed by atoms with Crippen LogP contribution in [0.4, 0.5) is 0 Å². The van der Waals surface area contributed by atoms with E-state index in [1.165, 1.54) is 4.57 Å². The van der Waals surface area contributed by atoms with Gasteiger partial charge < -0.3 is 10.2 Å². The van der Waals surface area contributed by atoms with Crippen LogP contribution in [-0.2, 0) is 0 Å². The Kier molecular flexibility index (Phi) is 2.07. The number of allylic oxidation sites excluding steroid dienone is 2. The molecule has 1 heterocycles. The van der Waals surface area contributed by atoms with Gasteiger partial charge in [-0.05, 0) is 30.7 Å². The van der Waals surface area contributed by atoms with Gasteiger partial charge >= 0.3 is 0 Å². The minimum absolute atomic E-state index is 0.145. The lowest BCUT2D eigenvalue weighted by Crippen LogP contribution is -1.95. The Morgan fingerprint density at radius 3 is 2.00 bits per heavy atom. The van der Waals surface area contributed by atoms with Crippen LogP contribution in [0.25, 0.3) is 5.69 Å². The Hall–Kier alpha value is -1.87. The summed E-state index contributed by atoms with van der Waals surface area (Å²) >= 11 is 5.87. The van der Waals surface area contributed by atoms with E-state index >= 15 is 0 Å². The Morgan fingerprint density at radius 1 is 0.947 bits per heavy atom. The summed E-state index contributed by atoms with van der Waals surface area (Å²) in [5, 5.41) is 21.5. The zero-order valence-corrected chi connectivity index (χ0v) is 10.8. The number of halogens is 1. The summed E-state index contributed by atoms with van der Waals surface area (Å²) in [6.07, 6.45) is 5.18. The van der Waals surface area contributed by atoms with Crippen molar-refractivity contribution < 1.29 is 10.2 Å². The van der Waals surface area contributed by atoms with Crippen molar-refractivity contribution in [3.05, 3.63) is 52.6 Å². The lowest BCUT2D eigenvalue weighted by atomic mass is 10.0. The topological polar surface area (TPSA) is 45.4 Å². The Bertz CT molecular complexity index is 664. The largest absolute Gasteiger partial charge is 0.494 e. The lowest BCUT2D eigenvalue weighted by Gasteiger charge is -2.09. The van der Waals surface area contributed by atoms with Gasteiger partial charge in [0.15, 0.2) is 0 Å². The van der Waals surface area contributed by atoms with Crippen LogP contribution < -0.4 is 0 Å². The van der Waals surface area contributed by atoms with Gasteiger partial charge in [0.1, 0.15) is 0 Å². The fourth-order valence-electron chi connectivity index (χ4n) is 3.28. The first-order valence-electron chi connectivity index (χ1n) is 6.27. The van der Waals surface area contributed by atoms with E-state index in [0.29, 0.717) is 10.7 Å². The second-order valence-electron chi connectivity index (χ2n) is 5.12. The van der Waals surface area contributed by atoms with Crippen LogP contribution in [0.1, 0.15) is 29.4 Å². The van der Waals surface area contributed by atoms with Crippen molar-refractivity contribution in [3.63, 3.8) is 0 Å². The summed E-state index contributed by atoms with van der Waals surface area (Å²) < 4.78 is 1.49. The van der Waals surface area contributed by atoms with Gasteiger partial charge in [0.2, 0.25) is 11.8 Å². The zero-order valence-electron chi connectivity index (χ0n) is 10.0. The highest BCUT2D eigenvalue weighted by atomic mass is 35.5. The molecule has 0 radical (unpaired) electrons. The number of hydrogen-bond acceptors (Lipinski definition) is 2. The predicted octanol–water partition coefficient (Wildman–Crippen LogP) is 3.68. The van der Waals surface area contributed by atoms with Crippen molar-refractivity contribution in [1.82, 2.24) is 4.57 Å². The average molecular weight is 274 g/mol. The molecule has 2 bridgehead atoms. The number of aromatic nitrogens is 1. The summed E-state index contributed by atoms with van der Waals surface area (Å²) in [5.41, 5.74) is 2.47. The number of hydrogen-bond donors (Lipinski definition) is 2. The number of fused-ring (bicyclic) bond motifs is 5. The van der Waals surface area contributed by atoms with Crippen molar-refractivity contribution >= 4 is 11.6 Å². The van der Waals surface area contributed by atoms with Gasteiger partial charge in [0.05, 0.1) is 5.69 Å². The molecule has 2 atom stereocenters. The maximum Gasteiger partial charge on any atom is 0.202 e. The molecule has 2 aromatic rings. The van der Waals surface area contributed by atoms with Gasteiger partial charge in [0.25, 0.3) is 0 Å². The summed E-state index contributed by atoms with van der Waals surface area (Å²) in [6.45, 7) is 0. The third kappa shape index (κ3) is 1.33. The van der Waals surface area contributed by atoms with Crippen LogP contribution in [0.5, 0.6) is 11.8 Å². The standard InChI is InChI=1S/C15H12ClNO2/c16-10-3-5-11(6-4-10)17-14(18)12-8-1-2-9(7-8)13(12)15(17)19/h1-6,8-9,18-19H,7H2. The maximum absolute atomic E-state index is 10.4. The summed E-state index contributed by atoms with van der Waals surface area (Å²) in [6, 6.07) is 7.06. The second kappa shape index (κ2) is 3.58. The first-order valence-corrected chi connectivity index (χ1v) is 6.65. The molecule has 3 nitrogen and oxygen atoms in total. The van der Waals surface area contributed by atoms with Crippen LogP contribution >= 0.6 is 11.6 Å². The molecule has 1 aromatic heterocycles. The Morgan fingerprint density at radius 2 is 1.47 bits per heavy atom. The van der Waals surface area contributed by atoms with Crippen LogP contribution in [0.2, 0.25) is 5.02 Å². The molecule has 4 heteroatoms. The van der Waals surface area contributed by atoms with Crippen molar-refractivity contribution in [3.8, 4) is 17.4 Å². The number of aromatic hydroxyl groups is 2. The van der Waals surface area contributed by atoms with Gasteiger partial charge in [-0.3, -0.25) is 4.57 Å². The molecule has 0 saturated carbocycles. The van der Waals surface area contributed by atoms with E-state index in [-0.39, 0.29) is 23.6 Å². The van der Waals surface area contributed by atoms with E-state index in [9.17, 15) is 10.2 Å². The molecule has 1 aromatic carbocycles. The molecule has 2 aliphatic carbocycles. The van der Waals surface area contributed by atoms with Crippen LogP contribution in [0, 0.1) is 0 Å². The van der Waals surface area contributed by atoms with E-state index in [1.54, 1.807) is 24.3 Å². The van der Waals surface area contributed by atoms with Crippen molar-refractivity contribution in [2.45, 2.75) is 18.3 Å². The number of rotatable bonds is 1. The Labute approximate surface area is 115 Å². The highest BCUT2D eigenvalue weighted by molar-refractivity contribution is 6.30. The lowest BCUT2D eigenvalue weighted by molar-refractivity contribution is 0.395. The van der Waals surface area contributed by atoms with Crippen LogP contribution in [0.3, 0.4) is 0 Å². The molecule has 4 rings (SSSR count).